The van der Waals surface area contributed by atoms with Gasteiger partial charge in [0.1, 0.15) is 0 Å². The Hall–Kier alpha value is -3.00. The zero-order chi connectivity index (χ0) is 23.4. The van der Waals surface area contributed by atoms with Gasteiger partial charge in [-0.2, -0.15) is 13.2 Å². The Morgan fingerprint density at radius 1 is 0.909 bits per heavy atom. The Morgan fingerprint density at radius 2 is 1.61 bits per heavy atom. The zero-order valence-corrected chi connectivity index (χ0v) is 18.5. The lowest BCUT2D eigenvalue weighted by molar-refractivity contribution is -0.153. The van der Waals surface area contributed by atoms with Crippen molar-refractivity contribution in [3.8, 4) is 28.7 Å². The molecule has 0 N–H and O–H groups in total. The Morgan fingerprint density at radius 3 is 2.27 bits per heavy atom. The summed E-state index contributed by atoms with van der Waals surface area (Å²) in [4.78, 5) is 0. The molecule has 0 amide bonds. The van der Waals surface area contributed by atoms with Crippen molar-refractivity contribution >= 4 is 10.8 Å². The fourth-order valence-corrected chi connectivity index (χ4v) is 4.37. The van der Waals surface area contributed by atoms with Crippen LogP contribution in [-0.2, 0) is 0 Å². The smallest absolute Gasteiger partial charge is 0.422 e. The lowest BCUT2D eigenvalue weighted by Gasteiger charge is -2.24. The van der Waals surface area contributed by atoms with Crippen LogP contribution in [0.2, 0.25) is 0 Å². The standard InChI is InChI=1S/C28H26F4O/c1-2-19-3-5-20(6-4-19)7-8-21-9-11-22(12-10-21)23-13-15-25-24(17-23)14-16-26(27(25)29)33-18-28(30,31)32/h9-17,19-20H,2-6,18H2,1H3. The predicted octanol–water partition coefficient (Wildman–Crippen LogP) is 8.15. The minimum absolute atomic E-state index is 0.221. The fraction of sp³-hybridized carbons (Fsp3) is 0.357. The van der Waals surface area contributed by atoms with Crippen molar-refractivity contribution in [2.24, 2.45) is 11.8 Å². The molecule has 5 heteroatoms. The van der Waals surface area contributed by atoms with Crippen molar-refractivity contribution in [2.45, 2.75) is 45.2 Å². The molecule has 1 fully saturated rings. The van der Waals surface area contributed by atoms with E-state index in [9.17, 15) is 17.6 Å². The largest absolute Gasteiger partial charge is 0.481 e. The first-order valence-electron chi connectivity index (χ1n) is 11.4. The van der Waals surface area contributed by atoms with Gasteiger partial charge in [-0.3, -0.25) is 0 Å². The van der Waals surface area contributed by atoms with Gasteiger partial charge in [-0.15, -0.1) is 0 Å². The van der Waals surface area contributed by atoms with E-state index in [0.717, 1.165) is 22.6 Å². The number of alkyl halides is 3. The first-order chi connectivity index (χ1) is 15.8. The van der Waals surface area contributed by atoms with Crippen LogP contribution in [0, 0.1) is 29.5 Å². The molecule has 172 valence electrons. The van der Waals surface area contributed by atoms with E-state index in [0.29, 0.717) is 11.3 Å². The number of hydrogen-bond acceptors (Lipinski definition) is 1. The lowest BCUT2D eigenvalue weighted by Crippen LogP contribution is -2.19. The fourth-order valence-electron chi connectivity index (χ4n) is 4.37. The molecule has 0 radical (unpaired) electrons. The highest BCUT2D eigenvalue weighted by molar-refractivity contribution is 5.89. The van der Waals surface area contributed by atoms with E-state index in [2.05, 4.69) is 23.5 Å². The van der Waals surface area contributed by atoms with Gasteiger partial charge >= 0.3 is 6.18 Å². The third kappa shape index (κ3) is 5.87. The average Bonchev–Trinajstić information content (AvgIpc) is 2.82. The van der Waals surface area contributed by atoms with E-state index in [1.54, 1.807) is 18.2 Å². The molecule has 0 spiro atoms. The summed E-state index contributed by atoms with van der Waals surface area (Å²) in [6, 6.07) is 15.9. The molecule has 1 saturated carbocycles. The molecule has 4 rings (SSSR count). The Bertz CT molecular complexity index is 1160. The number of rotatable bonds is 4. The SMILES string of the molecule is CCC1CCC(C#Cc2ccc(-c3ccc4c(F)c(OCC(F)(F)F)ccc4c3)cc2)CC1. The summed E-state index contributed by atoms with van der Waals surface area (Å²) >= 11 is 0. The van der Waals surface area contributed by atoms with E-state index < -0.39 is 24.3 Å². The topological polar surface area (TPSA) is 9.23 Å². The molecule has 1 aliphatic rings. The molecule has 1 aliphatic carbocycles. The van der Waals surface area contributed by atoms with Gasteiger partial charge in [-0.1, -0.05) is 55.5 Å². The van der Waals surface area contributed by atoms with Crippen molar-refractivity contribution in [1.82, 2.24) is 0 Å². The van der Waals surface area contributed by atoms with Gasteiger partial charge in [0.05, 0.1) is 0 Å². The van der Waals surface area contributed by atoms with Crippen molar-refractivity contribution in [2.75, 3.05) is 6.61 Å². The number of ether oxygens (including phenoxy) is 1. The van der Waals surface area contributed by atoms with Crippen LogP contribution in [0.1, 0.15) is 44.6 Å². The second-order valence-electron chi connectivity index (χ2n) is 8.69. The van der Waals surface area contributed by atoms with Crippen LogP contribution in [0.15, 0.2) is 54.6 Å². The van der Waals surface area contributed by atoms with Crippen LogP contribution < -0.4 is 4.74 Å². The monoisotopic (exact) mass is 454 g/mol. The lowest BCUT2D eigenvalue weighted by atomic mass is 9.81. The second kappa shape index (κ2) is 9.87. The quantitative estimate of drug-likeness (QED) is 0.285. The molecule has 0 aromatic heterocycles. The van der Waals surface area contributed by atoms with Gasteiger partial charge in [0.25, 0.3) is 0 Å². The molecule has 0 atom stereocenters. The molecule has 3 aromatic rings. The van der Waals surface area contributed by atoms with E-state index in [4.69, 9.17) is 0 Å². The maximum absolute atomic E-state index is 14.6. The molecule has 0 aliphatic heterocycles. The van der Waals surface area contributed by atoms with Crippen LogP contribution in [0.4, 0.5) is 17.6 Å². The van der Waals surface area contributed by atoms with Crippen LogP contribution in [-0.4, -0.2) is 12.8 Å². The summed E-state index contributed by atoms with van der Waals surface area (Å²) in [7, 11) is 0. The summed E-state index contributed by atoms with van der Waals surface area (Å²) in [5.74, 6) is 6.86. The summed E-state index contributed by atoms with van der Waals surface area (Å²) < 4.78 is 56.3. The van der Waals surface area contributed by atoms with Gasteiger partial charge in [-0.05, 0) is 72.4 Å². The van der Waals surface area contributed by atoms with Crippen molar-refractivity contribution < 1.29 is 22.3 Å². The highest BCUT2D eigenvalue weighted by atomic mass is 19.4. The van der Waals surface area contributed by atoms with Crippen molar-refractivity contribution in [3.63, 3.8) is 0 Å². The van der Waals surface area contributed by atoms with Gasteiger partial charge in [0.15, 0.2) is 18.2 Å². The van der Waals surface area contributed by atoms with Crippen molar-refractivity contribution in [1.29, 1.82) is 0 Å². The highest BCUT2D eigenvalue weighted by Crippen LogP contribution is 2.32. The molecule has 3 aromatic carbocycles. The van der Waals surface area contributed by atoms with E-state index in [-0.39, 0.29) is 5.39 Å². The normalized spacial score (nSPS) is 18.6. The van der Waals surface area contributed by atoms with Crippen LogP contribution in [0.25, 0.3) is 21.9 Å². The number of halogens is 4. The van der Waals surface area contributed by atoms with Crippen LogP contribution in [0.3, 0.4) is 0 Å². The van der Waals surface area contributed by atoms with E-state index in [1.165, 1.54) is 38.2 Å². The molecule has 0 heterocycles. The molecule has 0 saturated heterocycles. The van der Waals surface area contributed by atoms with Gasteiger partial charge in [0, 0.05) is 16.9 Å². The third-order valence-electron chi connectivity index (χ3n) is 6.37. The molecular weight excluding hydrogens is 428 g/mol. The van der Waals surface area contributed by atoms with Crippen LogP contribution in [0.5, 0.6) is 5.75 Å². The van der Waals surface area contributed by atoms with Crippen LogP contribution >= 0.6 is 0 Å². The van der Waals surface area contributed by atoms with Crippen molar-refractivity contribution in [3.05, 3.63) is 66.0 Å². The Balaban J connectivity index is 1.47. The van der Waals surface area contributed by atoms with E-state index in [1.807, 2.05) is 30.3 Å². The summed E-state index contributed by atoms with van der Waals surface area (Å²) in [5, 5.41) is 0.814. The molecule has 0 unspecified atom stereocenters. The van der Waals surface area contributed by atoms with E-state index >= 15 is 0 Å². The highest BCUT2D eigenvalue weighted by Gasteiger charge is 2.29. The molecule has 33 heavy (non-hydrogen) atoms. The minimum atomic E-state index is -4.52. The first-order valence-corrected chi connectivity index (χ1v) is 11.4. The number of benzene rings is 3. The molecular formula is C28H26F4O. The van der Waals surface area contributed by atoms with Gasteiger partial charge in [-0.25, -0.2) is 4.39 Å². The maximum Gasteiger partial charge on any atom is 0.422 e. The second-order valence-corrected chi connectivity index (χ2v) is 8.69. The Kier molecular flexibility index (Phi) is 6.93. The third-order valence-corrected chi connectivity index (χ3v) is 6.37. The van der Waals surface area contributed by atoms with Gasteiger partial charge < -0.3 is 4.74 Å². The minimum Gasteiger partial charge on any atom is -0.481 e. The summed E-state index contributed by atoms with van der Waals surface area (Å²) in [5.41, 5.74) is 2.82. The first kappa shape index (κ1) is 23.2. The maximum atomic E-state index is 14.6. The summed E-state index contributed by atoms with van der Waals surface area (Å²) in [6.07, 6.45) is 1.65. The van der Waals surface area contributed by atoms with Gasteiger partial charge in [0.2, 0.25) is 0 Å². The zero-order valence-electron chi connectivity index (χ0n) is 18.5. The summed E-state index contributed by atoms with van der Waals surface area (Å²) in [6.45, 7) is 0.733. The Labute approximate surface area is 191 Å². The predicted molar refractivity (Wildman–Crippen MR) is 124 cm³/mol. The average molecular weight is 455 g/mol. The number of fused-ring (bicyclic) bond motifs is 1. The molecule has 1 nitrogen and oxygen atoms in total. The number of hydrogen-bond donors (Lipinski definition) is 0. The molecule has 0 bridgehead atoms.